The molecule has 2 rings (SSSR count). The Morgan fingerprint density at radius 2 is 1.95 bits per heavy atom. The summed E-state index contributed by atoms with van der Waals surface area (Å²) >= 11 is 0. The number of ether oxygens (including phenoxy) is 1. The predicted octanol–water partition coefficient (Wildman–Crippen LogP) is 2.08. The number of nitrogens with zero attached hydrogens (tertiary/aromatic N) is 1. The molecule has 0 atom stereocenters. The Kier molecular flexibility index (Phi) is 4.61. The lowest BCUT2D eigenvalue weighted by Gasteiger charge is -2.26. The average Bonchev–Trinajstić information content (AvgIpc) is 2.46. The van der Waals surface area contributed by atoms with E-state index in [2.05, 4.69) is 0 Å². The number of carbonyl (C=O) groups is 2. The van der Waals surface area contributed by atoms with E-state index in [1.165, 1.54) is 18.6 Å². The van der Waals surface area contributed by atoms with Crippen LogP contribution in [0.1, 0.15) is 35.2 Å². The maximum absolute atomic E-state index is 12.0. The Morgan fingerprint density at radius 1 is 1.25 bits per heavy atom. The summed E-state index contributed by atoms with van der Waals surface area (Å²) in [5.74, 6) is -0.586. The van der Waals surface area contributed by atoms with Gasteiger partial charge in [0.25, 0.3) is 5.91 Å². The lowest BCUT2D eigenvalue weighted by atomic mass is 10.1. The number of amides is 1. The van der Waals surface area contributed by atoms with Crippen molar-refractivity contribution in [1.29, 1.82) is 0 Å². The first-order valence-corrected chi connectivity index (χ1v) is 6.82. The third-order valence-electron chi connectivity index (χ3n) is 3.50. The first-order chi connectivity index (χ1) is 9.58. The minimum Gasteiger partial charge on any atom is -0.483 e. The molecule has 0 bridgehead atoms. The molecular weight excluding hydrogens is 258 g/mol. The molecule has 0 aliphatic carbocycles. The summed E-state index contributed by atoms with van der Waals surface area (Å²) < 4.78 is 5.49. The quantitative estimate of drug-likeness (QED) is 0.915. The van der Waals surface area contributed by atoms with Gasteiger partial charge in [0.05, 0.1) is 5.56 Å². The number of hydrogen-bond donors (Lipinski definition) is 1. The van der Waals surface area contributed by atoms with Gasteiger partial charge in [-0.1, -0.05) is 6.07 Å². The van der Waals surface area contributed by atoms with E-state index in [0.717, 1.165) is 31.5 Å². The molecule has 1 aromatic carbocycles. The summed E-state index contributed by atoms with van der Waals surface area (Å²) in [6, 6.07) is 4.67. The van der Waals surface area contributed by atoms with Crippen molar-refractivity contribution in [3.63, 3.8) is 0 Å². The fraction of sp³-hybridized carbons (Fsp3) is 0.467. The first kappa shape index (κ1) is 14.4. The van der Waals surface area contributed by atoms with Crippen LogP contribution >= 0.6 is 0 Å². The zero-order valence-corrected chi connectivity index (χ0v) is 11.6. The van der Waals surface area contributed by atoms with Crippen LogP contribution in [0.2, 0.25) is 0 Å². The first-order valence-electron chi connectivity index (χ1n) is 6.82. The Hall–Kier alpha value is -2.04. The van der Waals surface area contributed by atoms with Crippen molar-refractivity contribution >= 4 is 11.9 Å². The molecule has 1 N–H and O–H groups in total. The van der Waals surface area contributed by atoms with Crippen molar-refractivity contribution in [2.75, 3.05) is 19.7 Å². The minimum atomic E-state index is -1.00. The lowest BCUT2D eigenvalue weighted by Crippen LogP contribution is -2.38. The third kappa shape index (κ3) is 3.50. The van der Waals surface area contributed by atoms with Crippen LogP contribution in [0.5, 0.6) is 5.75 Å². The maximum Gasteiger partial charge on any atom is 0.335 e. The molecule has 1 saturated heterocycles. The molecule has 1 aliphatic heterocycles. The van der Waals surface area contributed by atoms with Crippen molar-refractivity contribution in [3.8, 4) is 5.75 Å². The number of rotatable bonds is 4. The van der Waals surface area contributed by atoms with Gasteiger partial charge >= 0.3 is 5.97 Å². The van der Waals surface area contributed by atoms with E-state index in [0.29, 0.717) is 5.75 Å². The van der Waals surface area contributed by atoms with E-state index < -0.39 is 5.97 Å². The molecule has 1 aliphatic rings. The lowest BCUT2D eigenvalue weighted by molar-refractivity contribution is -0.134. The molecule has 1 aromatic rings. The number of piperidine rings is 1. The van der Waals surface area contributed by atoms with Gasteiger partial charge in [0.15, 0.2) is 6.61 Å². The van der Waals surface area contributed by atoms with E-state index >= 15 is 0 Å². The number of carboxylic acids is 1. The fourth-order valence-corrected chi connectivity index (χ4v) is 2.26. The fourth-order valence-electron chi connectivity index (χ4n) is 2.26. The molecule has 0 spiro atoms. The number of aryl methyl sites for hydroxylation is 1. The molecule has 0 unspecified atom stereocenters. The summed E-state index contributed by atoms with van der Waals surface area (Å²) in [5, 5.41) is 8.95. The average molecular weight is 277 g/mol. The second-order valence-electron chi connectivity index (χ2n) is 5.02. The molecule has 5 heteroatoms. The van der Waals surface area contributed by atoms with Crippen LogP contribution in [0.25, 0.3) is 0 Å². The SMILES string of the molecule is Cc1ccc(C(=O)O)cc1OCC(=O)N1CCCCC1. The van der Waals surface area contributed by atoms with Gasteiger partial charge in [-0.2, -0.15) is 0 Å². The maximum atomic E-state index is 12.0. The van der Waals surface area contributed by atoms with Crippen LogP contribution in [0, 0.1) is 6.92 Å². The molecule has 20 heavy (non-hydrogen) atoms. The van der Waals surface area contributed by atoms with Crippen molar-refractivity contribution < 1.29 is 19.4 Å². The van der Waals surface area contributed by atoms with Crippen LogP contribution in [-0.4, -0.2) is 41.6 Å². The second-order valence-corrected chi connectivity index (χ2v) is 5.02. The summed E-state index contributed by atoms with van der Waals surface area (Å²) in [6.07, 6.45) is 3.25. The van der Waals surface area contributed by atoms with Crippen LogP contribution in [0.4, 0.5) is 0 Å². The minimum absolute atomic E-state index is 0.0372. The van der Waals surface area contributed by atoms with Crippen LogP contribution < -0.4 is 4.74 Å². The molecule has 1 heterocycles. The number of hydrogen-bond acceptors (Lipinski definition) is 3. The van der Waals surface area contributed by atoms with Gasteiger partial charge in [0, 0.05) is 13.1 Å². The van der Waals surface area contributed by atoms with Crippen molar-refractivity contribution in [3.05, 3.63) is 29.3 Å². The van der Waals surface area contributed by atoms with Gasteiger partial charge in [0.2, 0.25) is 0 Å². The Balaban J connectivity index is 1.97. The van der Waals surface area contributed by atoms with Crippen LogP contribution in [-0.2, 0) is 4.79 Å². The Labute approximate surface area is 118 Å². The Morgan fingerprint density at radius 3 is 2.60 bits per heavy atom. The third-order valence-corrected chi connectivity index (χ3v) is 3.50. The second kappa shape index (κ2) is 6.41. The molecule has 0 radical (unpaired) electrons. The van der Waals surface area contributed by atoms with Gasteiger partial charge in [0.1, 0.15) is 5.75 Å². The molecular formula is C15H19NO4. The summed E-state index contributed by atoms with van der Waals surface area (Å²) in [7, 11) is 0. The molecule has 0 saturated carbocycles. The molecule has 1 amide bonds. The van der Waals surface area contributed by atoms with Gasteiger partial charge in [-0.05, 0) is 43.9 Å². The van der Waals surface area contributed by atoms with E-state index in [-0.39, 0.29) is 18.1 Å². The van der Waals surface area contributed by atoms with E-state index in [4.69, 9.17) is 9.84 Å². The van der Waals surface area contributed by atoms with Crippen molar-refractivity contribution in [2.45, 2.75) is 26.2 Å². The van der Waals surface area contributed by atoms with E-state index in [1.54, 1.807) is 11.0 Å². The van der Waals surface area contributed by atoms with Gasteiger partial charge in [-0.3, -0.25) is 4.79 Å². The highest BCUT2D eigenvalue weighted by atomic mass is 16.5. The van der Waals surface area contributed by atoms with E-state index in [1.807, 2.05) is 6.92 Å². The highest BCUT2D eigenvalue weighted by molar-refractivity contribution is 5.88. The Bertz CT molecular complexity index is 507. The predicted molar refractivity (Wildman–Crippen MR) is 74.1 cm³/mol. The number of aromatic carboxylic acids is 1. The summed E-state index contributed by atoms with van der Waals surface area (Å²) in [4.78, 5) is 24.7. The number of benzene rings is 1. The summed E-state index contributed by atoms with van der Waals surface area (Å²) in [5.41, 5.74) is 0.984. The zero-order valence-electron chi connectivity index (χ0n) is 11.6. The van der Waals surface area contributed by atoms with Gasteiger partial charge in [-0.15, -0.1) is 0 Å². The van der Waals surface area contributed by atoms with Gasteiger partial charge < -0.3 is 14.7 Å². The molecule has 108 valence electrons. The van der Waals surface area contributed by atoms with Gasteiger partial charge in [-0.25, -0.2) is 4.79 Å². The van der Waals surface area contributed by atoms with Crippen LogP contribution in [0.15, 0.2) is 18.2 Å². The number of likely N-dealkylation sites (tertiary alicyclic amines) is 1. The number of carbonyl (C=O) groups excluding carboxylic acids is 1. The standard InChI is InChI=1S/C15H19NO4/c1-11-5-6-12(15(18)19)9-13(11)20-10-14(17)16-7-3-2-4-8-16/h5-6,9H,2-4,7-8,10H2,1H3,(H,18,19). The summed E-state index contributed by atoms with van der Waals surface area (Å²) in [6.45, 7) is 3.36. The normalized spacial score (nSPS) is 14.9. The number of carboxylic acid groups (broad SMARTS) is 1. The highest BCUT2D eigenvalue weighted by Gasteiger charge is 2.17. The molecule has 1 fully saturated rings. The topological polar surface area (TPSA) is 66.8 Å². The highest BCUT2D eigenvalue weighted by Crippen LogP contribution is 2.20. The van der Waals surface area contributed by atoms with Crippen molar-refractivity contribution in [2.24, 2.45) is 0 Å². The molecule has 0 aromatic heterocycles. The van der Waals surface area contributed by atoms with E-state index in [9.17, 15) is 9.59 Å². The zero-order chi connectivity index (χ0) is 14.5. The van der Waals surface area contributed by atoms with Crippen molar-refractivity contribution in [1.82, 2.24) is 4.90 Å². The van der Waals surface area contributed by atoms with Crippen LogP contribution in [0.3, 0.4) is 0 Å². The largest absolute Gasteiger partial charge is 0.483 e. The monoisotopic (exact) mass is 277 g/mol. The smallest absolute Gasteiger partial charge is 0.335 e. The molecule has 5 nitrogen and oxygen atoms in total.